The molecule has 2 N–H and O–H groups in total. The second-order valence-electron chi connectivity index (χ2n) is 12.0. The fourth-order valence-electron chi connectivity index (χ4n) is 6.24. The van der Waals surface area contributed by atoms with Crippen LogP contribution in [0.15, 0.2) is 54.7 Å². The molecular formula is C33H33ClFN3O5. The summed E-state index contributed by atoms with van der Waals surface area (Å²) in [6.45, 7) is 2.67. The number of nitriles is 1. The van der Waals surface area contributed by atoms with Gasteiger partial charge in [-0.1, -0.05) is 23.7 Å². The average Bonchev–Trinajstić information content (AvgIpc) is 3.76. The molecule has 2 aliphatic heterocycles. The van der Waals surface area contributed by atoms with Gasteiger partial charge >= 0.3 is 0 Å². The van der Waals surface area contributed by atoms with E-state index >= 15 is 4.39 Å². The van der Waals surface area contributed by atoms with E-state index in [0.29, 0.717) is 47.9 Å². The molecule has 0 spiro atoms. The van der Waals surface area contributed by atoms with Gasteiger partial charge in [-0.2, -0.15) is 5.26 Å². The number of hydrogen-bond donors (Lipinski definition) is 2. The van der Waals surface area contributed by atoms with Crippen molar-refractivity contribution in [2.75, 3.05) is 26.4 Å². The van der Waals surface area contributed by atoms with Crippen LogP contribution in [-0.4, -0.2) is 52.4 Å². The van der Waals surface area contributed by atoms with E-state index in [4.69, 9.17) is 21.1 Å². The zero-order chi connectivity index (χ0) is 30.4. The number of aliphatic hydroxyl groups excluding tert-OH is 1. The number of benzene rings is 2. The van der Waals surface area contributed by atoms with Gasteiger partial charge < -0.3 is 19.7 Å². The lowest BCUT2D eigenvalue weighted by Crippen LogP contribution is -2.36. The summed E-state index contributed by atoms with van der Waals surface area (Å²) in [5.74, 6) is -1.37. The Kier molecular flexibility index (Phi) is 8.01. The summed E-state index contributed by atoms with van der Waals surface area (Å²) in [6.07, 6.45) is 3.09. The van der Waals surface area contributed by atoms with Gasteiger partial charge in [0.2, 0.25) is 0 Å². The van der Waals surface area contributed by atoms with Crippen molar-refractivity contribution >= 4 is 17.5 Å². The van der Waals surface area contributed by atoms with E-state index in [1.54, 1.807) is 49.4 Å². The molecule has 1 amide bonds. The quantitative estimate of drug-likeness (QED) is 0.335. The number of halogens is 2. The minimum absolute atomic E-state index is 0.0543. The van der Waals surface area contributed by atoms with Crippen LogP contribution in [0.1, 0.15) is 83.2 Å². The molecule has 10 heteroatoms. The number of amides is 1. The first kappa shape index (κ1) is 29.7. The van der Waals surface area contributed by atoms with Gasteiger partial charge in [-0.3, -0.25) is 14.7 Å². The molecule has 2 unspecified atom stereocenters. The van der Waals surface area contributed by atoms with E-state index in [2.05, 4.69) is 11.1 Å². The van der Waals surface area contributed by atoms with E-state index in [9.17, 15) is 20.3 Å². The number of ether oxygens (including phenoxy) is 2. The van der Waals surface area contributed by atoms with E-state index in [1.807, 2.05) is 0 Å². The van der Waals surface area contributed by atoms with Crippen LogP contribution in [0.2, 0.25) is 5.02 Å². The maximum atomic E-state index is 16.3. The highest BCUT2D eigenvalue weighted by Crippen LogP contribution is 2.50. The second-order valence-corrected chi connectivity index (χ2v) is 12.4. The largest absolute Gasteiger partial charge is 0.396 e. The monoisotopic (exact) mass is 605 g/mol. The summed E-state index contributed by atoms with van der Waals surface area (Å²) in [5, 5.41) is 32.1. The molecule has 3 aliphatic rings. The smallest absolute Gasteiger partial charge is 0.257 e. The van der Waals surface area contributed by atoms with Crippen molar-refractivity contribution in [1.29, 1.82) is 5.26 Å². The third-order valence-corrected chi connectivity index (χ3v) is 9.47. The molecule has 1 saturated heterocycles. The summed E-state index contributed by atoms with van der Waals surface area (Å²) in [6, 6.07) is 14.2. The number of fused-ring (bicyclic) bond motifs is 1. The third kappa shape index (κ3) is 5.43. The Bertz CT molecular complexity index is 1560. The van der Waals surface area contributed by atoms with Crippen molar-refractivity contribution in [2.45, 2.75) is 50.5 Å². The first-order valence-electron chi connectivity index (χ1n) is 14.5. The van der Waals surface area contributed by atoms with Crippen molar-refractivity contribution in [2.24, 2.45) is 11.3 Å². The van der Waals surface area contributed by atoms with Crippen molar-refractivity contribution in [1.82, 2.24) is 9.88 Å². The van der Waals surface area contributed by atoms with Crippen LogP contribution < -0.4 is 0 Å². The van der Waals surface area contributed by atoms with Crippen molar-refractivity contribution < 1.29 is 28.9 Å². The molecule has 3 aromatic rings. The third-order valence-electron chi connectivity index (χ3n) is 9.22. The number of rotatable bonds is 9. The van der Waals surface area contributed by atoms with Gasteiger partial charge in [0.1, 0.15) is 17.9 Å². The molecule has 2 aromatic carbocycles. The first-order valence-corrected chi connectivity index (χ1v) is 14.9. The Hall–Kier alpha value is -3.39. The topological polar surface area (TPSA) is 116 Å². The summed E-state index contributed by atoms with van der Waals surface area (Å²) in [7, 11) is 0. The number of hydrogen-bond acceptors (Lipinski definition) is 7. The van der Waals surface area contributed by atoms with E-state index in [-0.39, 0.29) is 35.8 Å². The Morgan fingerprint density at radius 2 is 1.98 bits per heavy atom. The molecule has 1 aromatic heterocycles. The Labute approximate surface area is 254 Å². The van der Waals surface area contributed by atoms with Crippen LogP contribution in [0.25, 0.3) is 0 Å². The molecule has 43 heavy (non-hydrogen) atoms. The average molecular weight is 606 g/mol. The lowest BCUT2D eigenvalue weighted by molar-refractivity contribution is -0.0743. The van der Waals surface area contributed by atoms with Gasteiger partial charge in [0, 0.05) is 35.4 Å². The molecule has 3 atom stereocenters. The number of aliphatic hydroxyl groups is 2. The zero-order valence-corrected chi connectivity index (χ0v) is 24.6. The van der Waals surface area contributed by atoms with Gasteiger partial charge in [-0.25, -0.2) is 4.39 Å². The highest BCUT2D eigenvalue weighted by atomic mass is 35.5. The van der Waals surface area contributed by atoms with Crippen LogP contribution in [0.4, 0.5) is 4.39 Å². The van der Waals surface area contributed by atoms with Gasteiger partial charge in [0.25, 0.3) is 5.91 Å². The highest BCUT2D eigenvalue weighted by Gasteiger charge is 2.49. The number of carbonyl (C=O) groups is 1. The van der Waals surface area contributed by atoms with Crippen LogP contribution in [-0.2, 0) is 15.1 Å². The Morgan fingerprint density at radius 1 is 1.26 bits per heavy atom. The van der Waals surface area contributed by atoms with Crippen molar-refractivity contribution in [3.63, 3.8) is 0 Å². The number of aromatic nitrogens is 1. The summed E-state index contributed by atoms with van der Waals surface area (Å²) >= 11 is 6.20. The molecule has 1 saturated carbocycles. The van der Waals surface area contributed by atoms with Crippen molar-refractivity contribution in [3.05, 3.63) is 99.1 Å². The fraction of sp³-hybridized carbons (Fsp3) is 0.424. The second kappa shape index (κ2) is 11.6. The Morgan fingerprint density at radius 3 is 2.63 bits per heavy atom. The first-order chi connectivity index (χ1) is 20.7. The van der Waals surface area contributed by atoms with Crippen molar-refractivity contribution in [3.8, 4) is 6.07 Å². The predicted octanol–water partition coefficient (Wildman–Crippen LogP) is 5.41. The molecule has 2 fully saturated rings. The summed E-state index contributed by atoms with van der Waals surface area (Å²) in [5.41, 5.74) is -0.247. The SMILES string of the molecule is CC(O)(c1cc(F)c2c(c1)C(=O)N([C@H](c1ccc(Cl)cc1)c1ncccc1C#N)C2OCC1(CO)CC1)C1CCOCC1. The van der Waals surface area contributed by atoms with Gasteiger partial charge in [-0.05, 0) is 86.1 Å². The van der Waals surface area contributed by atoms with Crippen LogP contribution >= 0.6 is 11.6 Å². The van der Waals surface area contributed by atoms with Crippen LogP contribution in [0.3, 0.4) is 0 Å². The van der Waals surface area contributed by atoms with Crippen LogP contribution in [0.5, 0.6) is 0 Å². The van der Waals surface area contributed by atoms with Gasteiger partial charge in [0.15, 0.2) is 6.23 Å². The van der Waals surface area contributed by atoms with Gasteiger partial charge in [-0.15, -0.1) is 0 Å². The summed E-state index contributed by atoms with van der Waals surface area (Å²) < 4.78 is 28.1. The zero-order valence-electron chi connectivity index (χ0n) is 23.8. The van der Waals surface area contributed by atoms with E-state index < -0.39 is 35.0 Å². The lowest BCUT2D eigenvalue weighted by Gasteiger charge is -2.36. The molecule has 8 nitrogen and oxygen atoms in total. The minimum atomic E-state index is -1.40. The lowest BCUT2D eigenvalue weighted by atomic mass is 9.78. The molecule has 6 rings (SSSR count). The molecule has 1 aliphatic carbocycles. The molecule has 0 radical (unpaired) electrons. The Balaban J connectivity index is 1.50. The molecule has 0 bridgehead atoms. The summed E-state index contributed by atoms with van der Waals surface area (Å²) in [4.78, 5) is 20.4. The molecule has 3 heterocycles. The predicted molar refractivity (Wildman–Crippen MR) is 155 cm³/mol. The number of carbonyl (C=O) groups excluding carboxylic acids is 1. The molecular weight excluding hydrogens is 573 g/mol. The maximum Gasteiger partial charge on any atom is 0.257 e. The minimum Gasteiger partial charge on any atom is -0.396 e. The standard InChI is InChI=1S/C33H33ClFN3O5/c1-32(41,22-8-13-42-14-9-22)23-15-25-27(26(35)16-23)31(43-19-33(18-39)10-11-33)38(30(25)40)29(20-4-6-24(34)7-5-20)28-21(17-36)3-2-12-37-28/h2-7,12,15-16,22,29,31,39,41H,8-11,13-14,18-19H2,1H3/t29-,31?,32?/m1/s1. The maximum absolute atomic E-state index is 16.3. The molecule has 224 valence electrons. The number of nitrogens with zero attached hydrogens (tertiary/aromatic N) is 3. The van der Waals surface area contributed by atoms with E-state index in [0.717, 1.165) is 12.8 Å². The van der Waals surface area contributed by atoms with E-state index in [1.165, 1.54) is 17.2 Å². The normalized spacial score (nSPS) is 21.6. The van der Waals surface area contributed by atoms with Gasteiger partial charge in [0.05, 0.1) is 35.6 Å². The highest BCUT2D eigenvalue weighted by molar-refractivity contribution is 6.30. The van der Waals surface area contributed by atoms with Crippen LogP contribution in [0, 0.1) is 28.5 Å². The number of pyridine rings is 1. The fourth-order valence-corrected chi connectivity index (χ4v) is 6.37.